The number of rotatable bonds is 5. The van der Waals surface area contributed by atoms with Crippen molar-refractivity contribution in [3.8, 4) is 0 Å². The average Bonchev–Trinajstić information content (AvgIpc) is 2.48. The molecular formula is C19H42. The van der Waals surface area contributed by atoms with Crippen molar-refractivity contribution in [1.29, 1.82) is 0 Å². The van der Waals surface area contributed by atoms with Crippen molar-refractivity contribution in [1.82, 2.24) is 0 Å². The summed E-state index contributed by atoms with van der Waals surface area (Å²) in [7, 11) is 0. The SMILES string of the molecule is C/C=C\C=C(/C)C(C)CCC(C)C.CC.CC.CC. The Morgan fingerprint density at radius 1 is 0.842 bits per heavy atom. The molecule has 0 saturated heterocycles. The summed E-state index contributed by atoms with van der Waals surface area (Å²) >= 11 is 0. The van der Waals surface area contributed by atoms with Crippen LogP contribution in [0.15, 0.2) is 23.8 Å². The van der Waals surface area contributed by atoms with Crippen LogP contribution >= 0.6 is 0 Å². The van der Waals surface area contributed by atoms with Crippen LogP contribution in [0.3, 0.4) is 0 Å². The van der Waals surface area contributed by atoms with Crippen LogP contribution < -0.4 is 0 Å². The van der Waals surface area contributed by atoms with E-state index in [1.807, 2.05) is 41.5 Å². The first-order chi connectivity index (χ1) is 9.07. The molecule has 0 radical (unpaired) electrons. The van der Waals surface area contributed by atoms with E-state index in [1.54, 1.807) is 0 Å². The fourth-order valence-corrected chi connectivity index (χ4v) is 1.22. The van der Waals surface area contributed by atoms with Crippen LogP contribution in [0, 0.1) is 11.8 Å². The Morgan fingerprint density at radius 2 is 1.26 bits per heavy atom. The normalized spacial score (nSPS) is 11.7. The maximum atomic E-state index is 2.32. The van der Waals surface area contributed by atoms with Crippen molar-refractivity contribution in [2.45, 2.75) is 89.0 Å². The number of hydrogen-bond acceptors (Lipinski definition) is 0. The van der Waals surface area contributed by atoms with Gasteiger partial charge in [-0.2, -0.15) is 0 Å². The summed E-state index contributed by atoms with van der Waals surface area (Å²) in [5.41, 5.74) is 1.50. The molecule has 1 unspecified atom stereocenters. The van der Waals surface area contributed by atoms with Crippen molar-refractivity contribution >= 4 is 0 Å². The monoisotopic (exact) mass is 270 g/mol. The van der Waals surface area contributed by atoms with Gasteiger partial charge in [0.05, 0.1) is 0 Å². The van der Waals surface area contributed by atoms with Crippen molar-refractivity contribution in [2.24, 2.45) is 11.8 Å². The van der Waals surface area contributed by atoms with Crippen LogP contribution in [-0.4, -0.2) is 0 Å². The summed E-state index contributed by atoms with van der Waals surface area (Å²) in [5.74, 6) is 1.57. The Hall–Kier alpha value is -0.520. The third kappa shape index (κ3) is 26.9. The highest BCUT2D eigenvalue weighted by Gasteiger charge is 2.04. The topological polar surface area (TPSA) is 0 Å². The molecule has 118 valence electrons. The zero-order valence-electron chi connectivity index (χ0n) is 15.8. The van der Waals surface area contributed by atoms with Gasteiger partial charge in [0.15, 0.2) is 0 Å². The van der Waals surface area contributed by atoms with E-state index in [0.717, 1.165) is 11.8 Å². The van der Waals surface area contributed by atoms with E-state index in [9.17, 15) is 0 Å². The van der Waals surface area contributed by atoms with Gasteiger partial charge in [-0.25, -0.2) is 0 Å². The van der Waals surface area contributed by atoms with Gasteiger partial charge in [-0.05, 0) is 32.1 Å². The molecule has 0 aliphatic carbocycles. The molecule has 0 heterocycles. The minimum atomic E-state index is 0.735. The summed E-state index contributed by atoms with van der Waals surface area (Å²) in [5, 5.41) is 0. The quantitative estimate of drug-likeness (QED) is 0.450. The summed E-state index contributed by atoms with van der Waals surface area (Å²) in [6.45, 7) is 23.2. The Kier molecular flexibility index (Phi) is 37.0. The van der Waals surface area contributed by atoms with Crippen molar-refractivity contribution in [3.05, 3.63) is 23.8 Å². The lowest BCUT2D eigenvalue weighted by atomic mass is 9.93. The predicted molar refractivity (Wildman–Crippen MR) is 95.9 cm³/mol. The first-order valence-electron chi connectivity index (χ1n) is 8.37. The summed E-state index contributed by atoms with van der Waals surface area (Å²) < 4.78 is 0. The van der Waals surface area contributed by atoms with Gasteiger partial charge in [0.1, 0.15) is 0 Å². The molecule has 0 fully saturated rings. The van der Waals surface area contributed by atoms with Gasteiger partial charge in [0.2, 0.25) is 0 Å². The molecule has 0 nitrogen and oxygen atoms in total. The van der Waals surface area contributed by atoms with Gasteiger partial charge in [-0.3, -0.25) is 0 Å². The second-order valence-electron chi connectivity index (χ2n) is 4.31. The molecule has 0 N–H and O–H groups in total. The van der Waals surface area contributed by atoms with E-state index in [2.05, 4.69) is 52.8 Å². The Bertz CT molecular complexity index is 172. The van der Waals surface area contributed by atoms with Crippen molar-refractivity contribution in [3.63, 3.8) is 0 Å². The summed E-state index contributed by atoms with van der Waals surface area (Å²) in [6.07, 6.45) is 9.09. The van der Waals surface area contributed by atoms with Crippen LogP contribution in [0.1, 0.15) is 89.0 Å². The Balaban J connectivity index is -0.000000163. The summed E-state index contributed by atoms with van der Waals surface area (Å²) in [6, 6.07) is 0. The Labute approximate surface area is 125 Å². The molecule has 0 spiro atoms. The standard InChI is InChI=1S/C13H24.3C2H6/c1-6-7-8-12(4)13(5)10-9-11(2)3;3*1-2/h6-8,11,13H,9-10H2,1-5H3;3*1-2H3/b7-6-,12-8+;;;. The highest BCUT2D eigenvalue weighted by molar-refractivity contribution is 5.11. The molecule has 0 aliphatic heterocycles. The molecule has 0 amide bonds. The van der Waals surface area contributed by atoms with E-state index >= 15 is 0 Å². The zero-order chi connectivity index (χ0) is 16.3. The number of allylic oxidation sites excluding steroid dienone is 4. The lowest BCUT2D eigenvalue weighted by Gasteiger charge is -2.13. The zero-order valence-corrected chi connectivity index (χ0v) is 15.8. The molecule has 0 aliphatic rings. The Morgan fingerprint density at radius 3 is 1.58 bits per heavy atom. The van der Waals surface area contributed by atoms with Gasteiger partial charge in [0.25, 0.3) is 0 Å². The second kappa shape index (κ2) is 26.1. The van der Waals surface area contributed by atoms with Crippen molar-refractivity contribution < 1.29 is 0 Å². The largest absolute Gasteiger partial charge is 0.0877 e. The van der Waals surface area contributed by atoms with E-state index in [-0.39, 0.29) is 0 Å². The summed E-state index contributed by atoms with van der Waals surface area (Å²) in [4.78, 5) is 0. The predicted octanol–water partition coefficient (Wildman–Crippen LogP) is 7.66. The third-order valence-electron chi connectivity index (χ3n) is 2.51. The van der Waals surface area contributed by atoms with E-state index < -0.39 is 0 Å². The third-order valence-corrected chi connectivity index (χ3v) is 2.51. The van der Waals surface area contributed by atoms with E-state index in [1.165, 1.54) is 18.4 Å². The van der Waals surface area contributed by atoms with Crippen LogP contribution in [0.25, 0.3) is 0 Å². The van der Waals surface area contributed by atoms with E-state index in [4.69, 9.17) is 0 Å². The van der Waals surface area contributed by atoms with Crippen LogP contribution in [-0.2, 0) is 0 Å². The molecule has 1 atom stereocenters. The first-order valence-corrected chi connectivity index (χ1v) is 8.37. The van der Waals surface area contributed by atoms with Gasteiger partial charge in [-0.1, -0.05) is 92.5 Å². The molecule has 0 bridgehead atoms. The van der Waals surface area contributed by atoms with Gasteiger partial charge in [-0.15, -0.1) is 0 Å². The molecule has 0 aromatic heterocycles. The first kappa shape index (κ1) is 26.9. The van der Waals surface area contributed by atoms with Gasteiger partial charge >= 0.3 is 0 Å². The molecule has 19 heavy (non-hydrogen) atoms. The lowest BCUT2D eigenvalue weighted by molar-refractivity contribution is 0.489. The fraction of sp³-hybridized carbons (Fsp3) is 0.789. The smallest absolute Gasteiger partial charge is 0.0231 e. The van der Waals surface area contributed by atoms with Gasteiger partial charge in [0, 0.05) is 0 Å². The molecule has 0 aromatic rings. The van der Waals surface area contributed by atoms with Crippen molar-refractivity contribution in [2.75, 3.05) is 0 Å². The molecule has 0 saturated carbocycles. The molecule has 0 heteroatoms. The van der Waals surface area contributed by atoms with E-state index in [0.29, 0.717) is 0 Å². The lowest BCUT2D eigenvalue weighted by Crippen LogP contribution is -1.99. The average molecular weight is 271 g/mol. The van der Waals surface area contributed by atoms with Gasteiger partial charge < -0.3 is 0 Å². The second-order valence-corrected chi connectivity index (χ2v) is 4.31. The fourth-order valence-electron chi connectivity index (χ4n) is 1.22. The van der Waals surface area contributed by atoms with Crippen LogP contribution in [0.4, 0.5) is 0 Å². The molecule has 0 rings (SSSR count). The maximum absolute atomic E-state index is 2.32. The minimum absolute atomic E-state index is 0.735. The number of hydrogen-bond donors (Lipinski definition) is 0. The van der Waals surface area contributed by atoms with Crippen LogP contribution in [0.5, 0.6) is 0 Å². The highest BCUT2D eigenvalue weighted by atomic mass is 14.1. The minimum Gasteiger partial charge on any atom is -0.0877 e. The molecular weight excluding hydrogens is 228 g/mol. The maximum Gasteiger partial charge on any atom is -0.0231 e. The van der Waals surface area contributed by atoms with Crippen LogP contribution in [0.2, 0.25) is 0 Å². The highest BCUT2D eigenvalue weighted by Crippen LogP contribution is 2.18. The molecule has 0 aromatic carbocycles.